The first kappa shape index (κ1) is 5.74. The summed E-state index contributed by atoms with van der Waals surface area (Å²) in [5.41, 5.74) is 0. The van der Waals surface area contributed by atoms with E-state index in [1.165, 1.54) is 11.3 Å². The van der Waals surface area contributed by atoms with Gasteiger partial charge in [0.15, 0.2) is 0 Å². The highest BCUT2D eigenvalue weighted by molar-refractivity contribution is 7.17. The van der Waals surface area contributed by atoms with E-state index in [0.29, 0.717) is 5.75 Å². The summed E-state index contributed by atoms with van der Waals surface area (Å²) >= 11 is 1.51. The fourth-order valence-electron chi connectivity index (χ4n) is 0.914. The highest BCUT2D eigenvalue weighted by atomic mass is 32.1. The van der Waals surface area contributed by atoms with Crippen LogP contribution in [0.3, 0.4) is 0 Å². The van der Waals surface area contributed by atoms with Gasteiger partial charge in [-0.3, -0.25) is 0 Å². The van der Waals surface area contributed by atoms with Gasteiger partial charge in [-0.15, -0.1) is 11.3 Å². The van der Waals surface area contributed by atoms with Gasteiger partial charge in [-0.25, -0.2) is 0 Å². The molecule has 0 unspecified atom stereocenters. The van der Waals surface area contributed by atoms with Crippen molar-refractivity contribution in [2.75, 3.05) is 0 Å². The minimum Gasteiger partial charge on any atom is -0.506 e. The summed E-state index contributed by atoms with van der Waals surface area (Å²) < 4.78 is 0.919. The lowest BCUT2D eigenvalue weighted by atomic mass is 10.2. The molecule has 0 aliphatic rings. The van der Waals surface area contributed by atoms with Crippen molar-refractivity contribution in [1.29, 1.82) is 0 Å². The molecule has 0 bridgehead atoms. The summed E-state index contributed by atoms with van der Waals surface area (Å²) in [5, 5.41) is 12.1. The highest BCUT2D eigenvalue weighted by Crippen LogP contribution is 2.28. The summed E-state index contributed by atoms with van der Waals surface area (Å²) in [6.07, 6.45) is 0. The fourth-order valence-corrected chi connectivity index (χ4v) is 1.66. The van der Waals surface area contributed by atoms with Crippen LogP contribution < -0.4 is 0 Å². The Bertz CT molecular complexity index is 351. The molecule has 0 aliphatic carbocycles. The molecule has 2 aromatic rings. The number of benzene rings is 1. The first-order valence-electron chi connectivity index (χ1n) is 2.95. The second-order valence-electron chi connectivity index (χ2n) is 2.03. The van der Waals surface area contributed by atoms with Crippen molar-refractivity contribution in [1.82, 2.24) is 0 Å². The SMILES string of the molecule is Oc1cccc2[c]csc12. The molecule has 1 radical (unpaired) electrons. The van der Waals surface area contributed by atoms with Crippen LogP contribution in [-0.2, 0) is 0 Å². The van der Waals surface area contributed by atoms with Crippen molar-refractivity contribution in [3.63, 3.8) is 0 Å². The zero-order valence-electron chi connectivity index (χ0n) is 5.16. The standard InChI is InChI=1S/C8H5OS/c9-7-3-1-2-6-4-5-10-8(6)7/h1-3,5,9H. The van der Waals surface area contributed by atoms with Crippen LogP contribution in [0.1, 0.15) is 0 Å². The first-order valence-corrected chi connectivity index (χ1v) is 3.83. The van der Waals surface area contributed by atoms with Crippen molar-refractivity contribution < 1.29 is 5.11 Å². The van der Waals surface area contributed by atoms with Crippen LogP contribution in [0.4, 0.5) is 0 Å². The van der Waals surface area contributed by atoms with Gasteiger partial charge in [0, 0.05) is 11.5 Å². The van der Waals surface area contributed by atoms with Gasteiger partial charge in [0.05, 0.1) is 4.70 Å². The summed E-state index contributed by atoms with van der Waals surface area (Å²) in [6.45, 7) is 0. The van der Waals surface area contributed by atoms with Crippen LogP contribution in [0.15, 0.2) is 23.6 Å². The van der Waals surface area contributed by atoms with E-state index in [1.807, 2.05) is 17.5 Å². The molecule has 0 fully saturated rings. The molecular formula is C8H5OS. The zero-order chi connectivity index (χ0) is 6.97. The highest BCUT2D eigenvalue weighted by Gasteiger charge is 1.97. The predicted octanol–water partition coefficient (Wildman–Crippen LogP) is 2.41. The van der Waals surface area contributed by atoms with Gasteiger partial charge in [0.2, 0.25) is 0 Å². The molecule has 1 heterocycles. The van der Waals surface area contributed by atoms with E-state index in [9.17, 15) is 5.11 Å². The molecule has 49 valence electrons. The van der Waals surface area contributed by atoms with E-state index >= 15 is 0 Å². The average molecular weight is 149 g/mol. The molecule has 0 spiro atoms. The number of aromatic hydroxyl groups is 1. The van der Waals surface area contributed by atoms with Gasteiger partial charge in [-0.05, 0) is 11.4 Å². The van der Waals surface area contributed by atoms with Gasteiger partial charge in [0.25, 0.3) is 0 Å². The minimum absolute atomic E-state index is 0.351. The number of fused-ring (bicyclic) bond motifs is 1. The topological polar surface area (TPSA) is 20.2 Å². The summed E-state index contributed by atoms with van der Waals surface area (Å²) in [4.78, 5) is 0. The molecule has 1 aromatic carbocycles. The Morgan fingerprint density at radius 2 is 2.30 bits per heavy atom. The third-order valence-electron chi connectivity index (χ3n) is 1.39. The van der Waals surface area contributed by atoms with Crippen molar-refractivity contribution in [2.45, 2.75) is 0 Å². The van der Waals surface area contributed by atoms with Crippen LogP contribution in [0.2, 0.25) is 0 Å². The van der Waals surface area contributed by atoms with Crippen molar-refractivity contribution in [3.8, 4) is 5.75 Å². The molecule has 10 heavy (non-hydrogen) atoms. The monoisotopic (exact) mass is 149 g/mol. The Labute approximate surface area is 62.5 Å². The zero-order valence-corrected chi connectivity index (χ0v) is 5.98. The maximum atomic E-state index is 9.25. The maximum absolute atomic E-state index is 9.25. The number of hydrogen-bond donors (Lipinski definition) is 1. The van der Waals surface area contributed by atoms with Crippen molar-refractivity contribution >= 4 is 21.4 Å². The van der Waals surface area contributed by atoms with E-state index < -0.39 is 0 Å². The van der Waals surface area contributed by atoms with E-state index in [-0.39, 0.29) is 0 Å². The molecule has 1 aromatic heterocycles. The number of hydrogen-bond acceptors (Lipinski definition) is 2. The Hall–Kier alpha value is -1.02. The molecule has 1 N–H and O–H groups in total. The smallest absolute Gasteiger partial charge is 0.133 e. The van der Waals surface area contributed by atoms with E-state index in [0.717, 1.165) is 10.1 Å². The molecule has 0 saturated carbocycles. The van der Waals surface area contributed by atoms with Crippen LogP contribution >= 0.6 is 11.3 Å². The Morgan fingerprint density at radius 1 is 1.40 bits per heavy atom. The third kappa shape index (κ3) is 0.693. The molecular weight excluding hydrogens is 144 g/mol. The normalized spacial score (nSPS) is 10.4. The summed E-state index contributed by atoms with van der Waals surface area (Å²) in [7, 11) is 0. The van der Waals surface area contributed by atoms with E-state index in [1.54, 1.807) is 6.07 Å². The average Bonchev–Trinajstić information content (AvgIpc) is 2.36. The maximum Gasteiger partial charge on any atom is 0.133 e. The van der Waals surface area contributed by atoms with Gasteiger partial charge >= 0.3 is 0 Å². The molecule has 0 aliphatic heterocycles. The Balaban J connectivity index is 2.95. The number of thiophene rings is 1. The molecule has 0 atom stereocenters. The quantitative estimate of drug-likeness (QED) is 0.609. The van der Waals surface area contributed by atoms with Crippen molar-refractivity contribution in [3.05, 3.63) is 29.6 Å². The lowest BCUT2D eigenvalue weighted by molar-refractivity contribution is 0.482. The lowest BCUT2D eigenvalue weighted by Crippen LogP contribution is -1.62. The first-order chi connectivity index (χ1) is 4.88. The van der Waals surface area contributed by atoms with Crippen LogP contribution in [0.5, 0.6) is 5.75 Å². The Kier molecular flexibility index (Phi) is 1.14. The molecule has 2 heteroatoms. The Morgan fingerprint density at radius 3 is 3.10 bits per heavy atom. The third-order valence-corrected chi connectivity index (χ3v) is 2.29. The predicted molar refractivity (Wildman–Crippen MR) is 42.3 cm³/mol. The molecule has 0 saturated heterocycles. The number of rotatable bonds is 0. The van der Waals surface area contributed by atoms with E-state index in [2.05, 4.69) is 6.07 Å². The molecule has 1 nitrogen and oxygen atoms in total. The van der Waals surface area contributed by atoms with E-state index in [4.69, 9.17) is 0 Å². The minimum atomic E-state index is 0.351. The second-order valence-corrected chi connectivity index (χ2v) is 2.91. The fraction of sp³-hybridized carbons (Fsp3) is 0. The van der Waals surface area contributed by atoms with Gasteiger partial charge in [-0.2, -0.15) is 0 Å². The largest absolute Gasteiger partial charge is 0.506 e. The summed E-state index contributed by atoms with van der Waals surface area (Å²) in [6, 6.07) is 8.46. The van der Waals surface area contributed by atoms with Gasteiger partial charge in [-0.1, -0.05) is 12.1 Å². The lowest BCUT2D eigenvalue weighted by Gasteiger charge is -1.90. The van der Waals surface area contributed by atoms with Crippen molar-refractivity contribution in [2.24, 2.45) is 0 Å². The number of phenolic OH excluding ortho intramolecular Hbond substituents is 1. The number of phenols is 1. The summed E-state index contributed by atoms with van der Waals surface area (Å²) in [5.74, 6) is 0.351. The van der Waals surface area contributed by atoms with Crippen LogP contribution in [-0.4, -0.2) is 5.11 Å². The molecule has 2 rings (SSSR count). The van der Waals surface area contributed by atoms with Crippen LogP contribution in [0, 0.1) is 6.07 Å². The van der Waals surface area contributed by atoms with Gasteiger partial charge < -0.3 is 5.11 Å². The van der Waals surface area contributed by atoms with Gasteiger partial charge in [0.1, 0.15) is 5.75 Å². The molecule has 0 amide bonds. The van der Waals surface area contributed by atoms with Crippen LogP contribution in [0.25, 0.3) is 10.1 Å². The second kappa shape index (κ2) is 1.99.